The van der Waals surface area contributed by atoms with Crippen molar-refractivity contribution in [2.75, 3.05) is 13.2 Å². The van der Waals surface area contributed by atoms with Crippen LogP contribution in [0.2, 0.25) is 0 Å². The first-order valence-electron chi connectivity index (χ1n) is 15.7. The van der Waals surface area contributed by atoms with Gasteiger partial charge in [0, 0.05) is 12.8 Å². The summed E-state index contributed by atoms with van der Waals surface area (Å²) in [6, 6.07) is 0. The molecule has 0 aliphatic carbocycles. The first-order valence-corrected chi connectivity index (χ1v) is 15.7. The van der Waals surface area contributed by atoms with Crippen molar-refractivity contribution in [3.63, 3.8) is 0 Å². The monoisotopic (exact) mass is 524 g/mol. The molecule has 0 radical (unpaired) electrons. The molecule has 0 rings (SSSR count). The number of rotatable bonds is 28. The second-order valence-corrected chi connectivity index (χ2v) is 10.5. The Balaban J connectivity index is 3.60. The van der Waals surface area contributed by atoms with Gasteiger partial charge in [0.15, 0.2) is 6.10 Å². The number of carbonyl (C=O) groups is 2. The molecule has 0 amide bonds. The van der Waals surface area contributed by atoms with Gasteiger partial charge in [0.1, 0.15) is 6.61 Å². The van der Waals surface area contributed by atoms with E-state index in [1.54, 1.807) is 0 Å². The average Bonchev–Trinajstić information content (AvgIpc) is 2.90. The average molecular weight is 525 g/mol. The second kappa shape index (κ2) is 29.2. The van der Waals surface area contributed by atoms with Gasteiger partial charge in [-0.2, -0.15) is 0 Å². The molecule has 0 aromatic heterocycles. The van der Waals surface area contributed by atoms with Gasteiger partial charge in [-0.3, -0.25) is 9.59 Å². The van der Waals surface area contributed by atoms with Gasteiger partial charge in [0.2, 0.25) is 0 Å². The molecule has 218 valence electrons. The van der Waals surface area contributed by atoms with Crippen LogP contribution < -0.4 is 0 Å². The van der Waals surface area contributed by atoms with E-state index in [2.05, 4.69) is 26.0 Å². The van der Waals surface area contributed by atoms with Crippen LogP contribution in [0.5, 0.6) is 0 Å². The largest absolute Gasteiger partial charge is 0.462 e. The molecule has 0 bridgehead atoms. The number of aliphatic hydroxyl groups is 1. The number of unbranched alkanes of at least 4 members (excludes halogenated alkanes) is 18. The van der Waals surface area contributed by atoms with Gasteiger partial charge >= 0.3 is 11.9 Å². The maximum Gasteiger partial charge on any atom is 0.306 e. The highest BCUT2D eigenvalue weighted by atomic mass is 16.6. The van der Waals surface area contributed by atoms with Crippen molar-refractivity contribution in [2.45, 2.75) is 168 Å². The van der Waals surface area contributed by atoms with Crippen LogP contribution in [-0.4, -0.2) is 36.4 Å². The van der Waals surface area contributed by atoms with Crippen LogP contribution in [-0.2, 0) is 19.1 Å². The topological polar surface area (TPSA) is 72.8 Å². The standard InChI is InChI=1S/C32H60O5/c1-3-5-7-9-11-13-15-16-17-19-21-23-25-27-32(35)37-30(28-33)29-36-31(34)26-24-22-20-18-14-12-10-8-6-4-2/h13,15,30,33H,3-12,14,16-29H2,1-2H3/b15-13+/t30-/m0/s1. The van der Waals surface area contributed by atoms with E-state index >= 15 is 0 Å². The van der Waals surface area contributed by atoms with E-state index in [0.717, 1.165) is 44.9 Å². The van der Waals surface area contributed by atoms with Crippen molar-refractivity contribution >= 4 is 11.9 Å². The molecule has 5 heteroatoms. The molecule has 1 atom stereocenters. The summed E-state index contributed by atoms with van der Waals surface area (Å²) in [6.45, 7) is 4.08. The molecular weight excluding hydrogens is 464 g/mol. The number of esters is 2. The Morgan fingerprint density at radius 1 is 0.595 bits per heavy atom. The third-order valence-corrected chi connectivity index (χ3v) is 6.81. The molecule has 0 aliphatic rings. The zero-order valence-corrected chi connectivity index (χ0v) is 24.5. The van der Waals surface area contributed by atoms with E-state index in [-0.39, 0.29) is 25.2 Å². The lowest BCUT2D eigenvalue weighted by atomic mass is 10.1. The van der Waals surface area contributed by atoms with E-state index in [0.29, 0.717) is 12.8 Å². The van der Waals surface area contributed by atoms with Gasteiger partial charge in [0.05, 0.1) is 6.61 Å². The maximum absolute atomic E-state index is 12.0. The lowest BCUT2D eigenvalue weighted by Crippen LogP contribution is -2.28. The molecule has 0 aromatic rings. The van der Waals surface area contributed by atoms with Crippen LogP contribution in [0.15, 0.2) is 12.2 Å². The summed E-state index contributed by atoms with van der Waals surface area (Å²) < 4.78 is 10.5. The predicted octanol–water partition coefficient (Wildman–Crippen LogP) is 9.00. The number of allylic oxidation sites excluding steroid dienone is 2. The summed E-state index contributed by atoms with van der Waals surface area (Å²) in [7, 11) is 0. The minimum absolute atomic E-state index is 0.0645. The fourth-order valence-corrected chi connectivity index (χ4v) is 4.37. The van der Waals surface area contributed by atoms with Crippen molar-refractivity contribution in [1.82, 2.24) is 0 Å². The van der Waals surface area contributed by atoms with Crippen molar-refractivity contribution in [3.8, 4) is 0 Å². The predicted molar refractivity (Wildman–Crippen MR) is 155 cm³/mol. The molecule has 0 saturated carbocycles. The summed E-state index contributed by atoms with van der Waals surface area (Å²) in [5, 5.41) is 9.46. The third-order valence-electron chi connectivity index (χ3n) is 6.81. The first kappa shape index (κ1) is 35.6. The Kier molecular flexibility index (Phi) is 28.1. The van der Waals surface area contributed by atoms with Crippen molar-refractivity contribution in [3.05, 3.63) is 12.2 Å². The highest BCUT2D eigenvalue weighted by Crippen LogP contribution is 2.12. The highest BCUT2D eigenvalue weighted by molar-refractivity contribution is 5.70. The van der Waals surface area contributed by atoms with Crippen molar-refractivity contribution in [1.29, 1.82) is 0 Å². The van der Waals surface area contributed by atoms with E-state index < -0.39 is 6.10 Å². The van der Waals surface area contributed by atoms with Gasteiger partial charge in [-0.1, -0.05) is 122 Å². The van der Waals surface area contributed by atoms with Crippen molar-refractivity contribution < 1.29 is 24.2 Å². The Morgan fingerprint density at radius 2 is 1.00 bits per heavy atom. The summed E-state index contributed by atoms with van der Waals surface area (Å²) in [5.74, 6) is -0.601. The van der Waals surface area contributed by atoms with Gasteiger partial charge in [-0.15, -0.1) is 0 Å². The number of ether oxygens (including phenoxy) is 2. The zero-order valence-electron chi connectivity index (χ0n) is 24.5. The quantitative estimate of drug-likeness (QED) is 0.0628. The van der Waals surface area contributed by atoms with Crippen molar-refractivity contribution in [2.24, 2.45) is 0 Å². The fourth-order valence-electron chi connectivity index (χ4n) is 4.37. The van der Waals surface area contributed by atoms with Crippen LogP contribution in [0.4, 0.5) is 0 Å². The SMILES string of the molecule is CCCCCC/C=C/CCCCCCCC(=O)O[C@@H](CO)COC(=O)CCCCCCCCCCCC. The summed E-state index contributed by atoms with van der Waals surface area (Å²) in [6.07, 6.45) is 29.7. The normalized spacial score (nSPS) is 12.2. The Labute approximate surface area is 229 Å². The number of aliphatic hydroxyl groups excluding tert-OH is 1. The molecule has 0 aromatic carbocycles. The molecule has 0 heterocycles. The van der Waals surface area contributed by atoms with Crippen LogP contribution in [0.25, 0.3) is 0 Å². The van der Waals surface area contributed by atoms with E-state index in [1.165, 1.54) is 89.9 Å². The molecule has 5 nitrogen and oxygen atoms in total. The Hall–Kier alpha value is -1.36. The highest BCUT2D eigenvalue weighted by Gasteiger charge is 2.16. The van der Waals surface area contributed by atoms with Crippen LogP contribution >= 0.6 is 0 Å². The zero-order chi connectivity index (χ0) is 27.2. The van der Waals surface area contributed by atoms with E-state index in [4.69, 9.17) is 9.47 Å². The Bertz CT molecular complexity index is 531. The summed E-state index contributed by atoms with van der Waals surface area (Å²) in [5.41, 5.74) is 0. The molecule has 0 aliphatic heterocycles. The van der Waals surface area contributed by atoms with Crippen LogP contribution in [0, 0.1) is 0 Å². The second-order valence-electron chi connectivity index (χ2n) is 10.5. The van der Waals surface area contributed by atoms with Gasteiger partial charge in [-0.05, 0) is 38.5 Å². The molecule has 0 fully saturated rings. The Morgan fingerprint density at radius 3 is 1.49 bits per heavy atom. The molecule has 37 heavy (non-hydrogen) atoms. The summed E-state index contributed by atoms with van der Waals surface area (Å²) >= 11 is 0. The molecule has 0 saturated heterocycles. The smallest absolute Gasteiger partial charge is 0.306 e. The third kappa shape index (κ3) is 27.5. The molecule has 0 spiro atoms. The van der Waals surface area contributed by atoms with Crippen LogP contribution in [0.1, 0.15) is 162 Å². The molecule has 1 N–H and O–H groups in total. The summed E-state index contributed by atoms with van der Waals surface area (Å²) in [4.78, 5) is 24.0. The van der Waals surface area contributed by atoms with Gasteiger partial charge in [0.25, 0.3) is 0 Å². The maximum atomic E-state index is 12.0. The fraction of sp³-hybridized carbons (Fsp3) is 0.875. The van der Waals surface area contributed by atoms with Gasteiger partial charge in [-0.25, -0.2) is 0 Å². The molecular formula is C32H60O5. The lowest BCUT2D eigenvalue weighted by molar-refractivity contribution is -0.161. The number of hydrogen-bond donors (Lipinski definition) is 1. The first-order chi connectivity index (χ1) is 18.1. The lowest BCUT2D eigenvalue weighted by Gasteiger charge is -2.15. The number of carbonyl (C=O) groups excluding carboxylic acids is 2. The number of hydrogen-bond acceptors (Lipinski definition) is 5. The minimum atomic E-state index is -0.766. The van der Waals surface area contributed by atoms with Crippen LogP contribution in [0.3, 0.4) is 0 Å². The van der Waals surface area contributed by atoms with Gasteiger partial charge < -0.3 is 14.6 Å². The minimum Gasteiger partial charge on any atom is -0.462 e. The van der Waals surface area contributed by atoms with E-state index in [9.17, 15) is 14.7 Å². The van der Waals surface area contributed by atoms with E-state index in [1.807, 2.05) is 0 Å². The molecule has 0 unspecified atom stereocenters.